The largest absolute Gasteiger partial charge is 0.325 e. The van der Waals surface area contributed by atoms with Crippen LogP contribution in [-0.4, -0.2) is 16.8 Å². The van der Waals surface area contributed by atoms with Crippen LogP contribution in [0.5, 0.6) is 0 Å². The van der Waals surface area contributed by atoms with E-state index in [2.05, 4.69) is 5.32 Å². The van der Waals surface area contributed by atoms with Gasteiger partial charge < -0.3 is 5.32 Å². The third-order valence-corrected chi connectivity index (χ3v) is 4.13. The van der Waals surface area contributed by atoms with Crippen molar-refractivity contribution >= 4 is 11.9 Å². The molecule has 0 aliphatic carbocycles. The molecule has 1 aliphatic rings. The number of nitrogens with zero attached hydrogens (tertiary/aromatic N) is 2. The van der Waals surface area contributed by atoms with E-state index in [1.165, 1.54) is 12.1 Å². The number of halogens is 1. The van der Waals surface area contributed by atoms with Crippen LogP contribution in [0.15, 0.2) is 48.5 Å². The van der Waals surface area contributed by atoms with E-state index in [1.807, 2.05) is 6.07 Å². The van der Waals surface area contributed by atoms with Crippen molar-refractivity contribution in [3.8, 4) is 6.07 Å². The molecule has 0 spiro atoms. The molecule has 0 bridgehead atoms. The summed E-state index contributed by atoms with van der Waals surface area (Å²) in [6.45, 7) is 1.43. The summed E-state index contributed by atoms with van der Waals surface area (Å²) in [4.78, 5) is 26.0. The number of imide groups is 1. The standard InChI is InChI=1S/C18H14FN3O2/c1-18(14-7-4-5-12(9-14)10-20)16(23)22(17(24)21-18)11-13-6-2-3-8-15(13)19/h2-9H,11H2,1H3,(H,21,24)/t18-/m1/s1. The topological polar surface area (TPSA) is 73.2 Å². The Hall–Kier alpha value is -3.20. The highest BCUT2D eigenvalue weighted by Crippen LogP contribution is 2.30. The lowest BCUT2D eigenvalue weighted by molar-refractivity contribution is -0.131. The highest BCUT2D eigenvalue weighted by Gasteiger charge is 2.49. The molecule has 1 aliphatic heterocycles. The summed E-state index contributed by atoms with van der Waals surface area (Å²) in [5.74, 6) is -0.955. The van der Waals surface area contributed by atoms with E-state index in [0.717, 1.165) is 4.90 Å². The van der Waals surface area contributed by atoms with E-state index in [4.69, 9.17) is 5.26 Å². The molecule has 24 heavy (non-hydrogen) atoms. The Morgan fingerprint density at radius 2 is 1.96 bits per heavy atom. The smallest absolute Gasteiger partial charge is 0.319 e. The summed E-state index contributed by atoms with van der Waals surface area (Å²) in [6, 6.07) is 13.9. The van der Waals surface area contributed by atoms with Crippen LogP contribution in [0.2, 0.25) is 0 Å². The van der Waals surface area contributed by atoms with Gasteiger partial charge in [-0.1, -0.05) is 30.3 Å². The van der Waals surface area contributed by atoms with E-state index in [-0.39, 0.29) is 12.1 Å². The van der Waals surface area contributed by atoms with Crippen molar-refractivity contribution in [3.05, 3.63) is 71.0 Å². The van der Waals surface area contributed by atoms with Crippen LogP contribution in [0.25, 0.3) is 0 Å². The van der Waals surface area contributed by atoms with E-state index < -0.39 is 23.3 Å². The Balaban J connectivity index is 1.93. The van der Waals surface area contributed by atoms with Gasteiger partial charge in [-0.3, -0.25) is 9.69 Å². The van der Waals surface area contributed by atoms with Gasteiger partial charge in [-0.2, -0.15) is 5.26 Å². The molecule has 6 heteroatoms. The first-order valence-electron chi connectivity index (χ1n) is 7.34. The summed E-state index contributed by atoms with van der Waals surface area (Å²) < 4.78 is 13.8. The second kappa shape index (κ2) is 5.78. The maximum Gasteiger partial charge on any atom is 0.325 e. The minimum atomic E-state index is -1.28. The fourth-order valence-electron chi connectivity index (χ4n) is 2.73. The van der Waals surface area contributed by atoms with Crippen molar-refractivity contribution in [1.82, 2.24) is 10.2 Å². The van der Waals surface area contributed by atoms with Crippen LogP contribution in [-0.2, 0) is 16.9 Å². The monoisotopic (exact) mass is 323 g/mol. The van der Waals surface area contributed by atoms with E-state index in [1.54, 1.807) is 43.3 Å². The highest BCUT2D eigenvalue weighted by atomic mass is 19.1. The predicted octanol–water partition coefficient (Wildman–Crippen LogP) is 2.66. The van der Waals surface area contributed by atoms with Crippen molar-refractivity contribution in [2.45, 2.75) is 19.0 Å². The molecule has 120 valence electrons. The van der Waals surface area contributed by atoms with Gasteiger partial charge in [0.05, 0.1) is 18.2 Å². The molecule has 0 radical (unpaired) electrons. The van der Waals surface area contributed by atoms with Crippen molar-refractivity contribution in [2.24, 2.45) is 0 Å². The van der Waals surface area contributed by atoms with Gasteiger partial charge in [-0.25, -0.2) is 9.18 Å². The molecule has 1 fully saturated rings. The Morgan fingerprint density at radius 3 is 2.67 bits per heavy atom. The minimum Gasteiger partial charge on any atom is -0.319 e. The first-order chi connectivity index (χ1) is 11.5. The van der Waals surface area contributed by atoms with Crippen molar-refractivity contribution in [3.63, 3.8) is 0 Å². The summed E-state index contributed by atoms with van der Waals surface area (Å²) in [7, 11) is 0. The lowest BCUT2D eigenvalue weighted by atomic mass is 9.91. The number of hydrogen-bond donors (Lipinski definition) is 1. The van der Waals surface area contributed by atoms with Crippen LogP contribution < -0.4 is 5.32 Å². The van der Waals surface area contributed by atoms with Gasteiger partial charge in [-0.05, 0) is 30.7 Å². The number of nitrogens with one attached hydrogen (secondary N) is 1. The second-order valence-electron chi connectivity index (χ2n) is 5.73. The average molecular weight is 323 g/mol. The third kappa shape index (κ3) is 2.50. The van der Waals surface area contributed by atoms with Crippen LogP contribution in [0, 0.1) is 17.1 Å². The number of urea groups is 1. The number of amides is 3. The van der Waals surface area contributed by atoms with Gasteiger partial charge >= 0.3 is 6.03 Å². The molecule has 2 aromatic rings. The Morgan fingerprint density at radius 1 is 1.21 bits per heavy atom. The summed E-state index contributed by atoms with van der Waals surface area (Å²) >= 11 is 0. The average Bonchev–Trinajstić information content (AvgIpc) is 2.81. The first-order valence-corrected chi connectivity index (χ1v) is 7.34. The van der Waals surface area contributed by atoms with Crippen LogP contribution in [0.3, 0.4) is 0 Å². The molecule has 5 nitrogen and oxygen atoms in total. The number of carbonyl (C=O) groups excluding carboxylic acids is 2. The van der Waals surface area contributed by atoms with Gasteiger partial charge in [0.1, 0.15) is 11.4 Å². The second-order valence-corrected chi connectivity index (χ2v) is 5.73. The number of benzene rings is 2. The minimum absolute atomic E-state index is 0.148. The number of nitriles is 1. The number of hydrogen-bond acceptors (Lipinski definition) is 3. The number of rotatable bonds is 3. The molecule has 0 saturated carbocycles. The van der Waals surface area contributed by atoms with E-state index in [9.17, 15) is 14.0 Å². The molecule has 1 heterocycles. The Bertz CT molecular complexity index is 875. The SMILES string of the molecule is C[C@]1(c2cccc(C#N)c2)NC(=O)N(Cc2ccccc2F)C1=O. The molecule has 0 aromatic heterocycles. The molecule has 1 N–H and O–H groups in total. The van der Waals surface area contributed by atoms with E-state index >= 15 is 0 Å². The lowest BCUT2D eigenvalue weighted by Gasteiger charge is -2.22. The fourth-order valence-corrected chi connectivity index (χ4v) is 2.73. The van der Waals surface area contributed by atoms with E-state index in [0.29, 0.717) is 11.1 Å². The zero-order chi connectivity index (χ0) is 17.3. The first kappa shape index (κ1) is 15.7. The number of carbonyl (C=O) groups is 2. The normalized spacial score (nSPS) is 20.0. The zero-order valence-corrected chi connectivity index (χ0v) is 12.9. The van der Waals surface area contributed by atoms with Gasteiger partial charge in [0.2, 0.25) is 0 Å². The molecular formula is C18H14FN3O2. The molecular weight excluding hydrogens is 309 g/mol. The molecule has 3 rings (SSSR count). The zero-order valence-electron chi connectivity index (χ0n) is 12.9. The van der Waals surface area contributed by atoms with Gasteiger partial charge in [0.15, 0.2) is 0 Å². The van der Waals surface area contributed by atoms with Crippen molar-refractivity contribution in [1.29, 1.82) is 5.26 Å². The lowest BCUT2D eigenvalue weighted by Crippen LogP contribution is -2.40. The molecule has 2 aromatic carbocycles. The Labute approximate surface area is 138 Å². The molecule has 3 amide bonds. The van der Waals surface area contributed by atoms with Gasteiger partial charge in [0.25, 0.3) is 5.91 Å². The van der Waals surface area contributed by atoms with Crippen LogP contribution in [0.4, 0.5) is 9.18 Å². The summed E-state index contributed by atoms with van der Waals surface area (Å²) in [5, 5.41) is 11.7. The van der Waals surface area contributed by atoms with Gasteiger partial charge in [0, 0.05) is 5.56 Å². The molecule has 1 atom stereocenters. The fraction of sp³-hybridized carbons (Fsp3) is 0.167. The molecule has 0 unspecified atom stereocenters. The quantitative estimate of drug-likeness (QED) is 0.883. The van der Waals surface area contributed by atoms with Gasteiger partial charge in [-0.15, -0.1) is 0 Å². The maximum absolute atomic E-state index is 13.8. The summed E-state index contributed by atoms with van der Waals surface area (Å²) in [5.41, 5.74) is -0.120. The van der Waals surface area contributed by atoms with Crippen LogP contribution in [0.1, 0.15) is 23.6 Å². The highest BCUT2D eigenvalue weighted by molar-refractivity contribution is 6.07. The summed E-state index contributed by atoms with van der Waals surface area (Å²) in [6.07, 6.45) is 0. The van der Waals surface area contributed by atoms with Crippen LogP contribution >= 0.6 is 0 Å². The maximum atomic E-state index is 13.8. The predicted molar refractivity (Wildman–Crippen MR) is 84.0 cm³/mol. The Kier molecular flexibility index (Phi) is 3.78. The van der Waals surface area contributed by atoms with Crippen molar-refractivity contribution < 1.29 is 14.0 Å². The van der Waals surface area contributed by atoms with Crippen molar-refractivity contribution in [2.75, 3.05) is 0 Å². The third-order valence-electron chi connectivity index (χ3n) is 4.13. The molecule has 1 saturated heterocycles.